The average Bonchev–Trinajstić information content (AvgIpc) is 3.06. The first kappa shape index (κ1) is 14.6. The molecule has 1 fully saturated rings. The van der Waals surface area contributed by atoms with Gasteiger partial charge in [0.05, 0.1) is 11.6 Å². The van der Waals surface area contributed by atoms with Crippen LogP contribution in [0.15, 0.2) is 41.1 Å². The van der Waals surface area contributed by atoms with Crippen LogP contribution in [0.5, 0.6) is 0 Å². The van der Waals surface area contributed by atoms with E-state index in [2.05, 4.69) is 29.5 Å². The minimum atomic E-state index is -0.114. The number of aromatic nitrogens is 2. The van der Waals surface area contributed by atoms with Crippen molar-refractivity contribution in [3.63, 3.8) is 0 Å². The van der Waals surface area contributed by atoms with Crippen LogP contribution >= 0.6 is 11.3 Å². The van der Waals surface area contributed by atoms with E-state index in [1.807, 2.05) is 23.6 Å². The Balaban J connectivity index is 1.74. The molecule has 0 unspecified atom stereocenters. The molecule has 4 rings (SSSR count). The zero-order valence-corrected chi connectivity index (χ0v) is 13.8. The van der Waals surface area contributed by atoms with Crippen molar-refractivity contribution < 1.29 is 5.11 Å². The van der Waals surface area contributed by atoms with Crippen molar-refractivity contribution in [2.45, 2.75) is 18.9 Å². The summed E-state index contributed by atoms with van der Waals surface area (Å²) in [6, 6.07) is 10.2. The zero-order chi connectivity index (χ0) is 15.8. The van der Waals surface area contributed by atoms with Crippen molar-refractivity contribution in [1.82, 2.24) is 9.97 Å². The Morgan fingerprint density at radius 1 is 1.22 bits per heavy atom. The van der Waals surface area contributed by atoms with Crippen LogP contribution in [-0.4, -0.2) is 34.8 Å². The van der Waals surface area contributed by atoms with Crippen LogP contribution < -0.4 is 4.90 Å². The molecule has 2 aromatic heterocycles. The molecule has 1 aromatic carbocycles. The molecule has 4 nitrogen and oxygen atoms in total. The van der Waals surface area contributed by atoms with Crippen molar-refractivity contribution in [3.05, 3.63) is 41.1 Å². The zero-order valence-electron chi connectivity index (χ0n) is 13.0. The molecule has 1 aliphatic carbocycles. The number of anilines is 1. The van der Waals surface area contributed by atoms with Gasteiger partial charge in [0, 0.05) is 29.9 Å². The van der Waals surface area contributed by atoms with Gasteiger partial charge < -0.3 is 10.0 Å². The van der Waals surface area contributed by atoms with Gasteiger partial charge in [-0.25, -0.2) is 9.97 Å². The van der Waals surface area contributed by atoms with Gasteiger partial charge in [0.1, 0.15) is 5.82 Å². The summed E-state index contributed by atoms with van der Waals surface area (Å²) in [4.78, 5) is 11.8. The number of nitrogens with zero attached hydrogens (tertiary/aromatic N) is 3. The van der Waals surface area contributed by atoms with E-state index in [0.29, 0.717) is 5.92 Å². The van der Waals surface area contributed by atoms with E-state index < -0.39 is 0 Å². The molecular formula is C18H19N3OS. The summed E-state index contributed by atoms with van der Waals surface area (Å²) in [6.07, 6.45) is 1.67. The van der Waals surface area contributed by atoms with Gasteiger partial charge in [0.2, 0.25) is 0 Å². The number of fused-ring (bicyclic) bond motifs is 1. The van der Waals surface area contributed by atoms with Crippen LogP contribution in [0.4, 0.5) is 5.82 Å². The van der Waals surface area contributed by atoms with Gasteiger partial charge in [-0.3, -0.25) is 0 Å². The molecular weight excluding hydrogens is 306 g/mol. The third-order valence-corrected chi connectivity index (χ3v) is 5.15. The third-order valence-electron chi connectivity index (χ3n) is 4.47. The van der Waals surface area contributed by atoms with Crippen LogP contribution in [0.2, 0.25) is 0 Å². The number of rotatable bonds is 4. The second-order valence-corrected chi connectivity index (χ2v) is 7.05. The molecule has 2 heterocycles. The highest BCUT2D eigenvalue weighted by molar-refractivity contribution is 7.08. The summed E-state index contributed by atoms with van der Waals surface area (Å²) in [6.45, 7) is 0.918. The molecule has 0 aliphatic heterocycles. The minimum Gasteiger partial charge on any atom is -0.393 e. The molecule has 1 aliphatic rings. The van der Waals surface area contributed by atoms with E-state index >= 15 is 0 Å². The van der Waals surface area contributed by atoms with Crippen molar-refractivity contribution >= 4 is 28.1 Å². The molecule has 3 aromatic rings. The van der Waals surface area contributed by atoms with E-state index in [-0.39, 0.29) is 6.10 Å². The molecule has 23 heavy (non-hydrogen) atoms. The number of hydrogen-bond donors (Lipinski definition) is 1. The van der Waals surface area contributed by atoms with Crippen LogP contribution in [-0.2, 0) is 0 Å². The largest absolute Gasteiger partial charge is 0.393 e. The summed E-state index contributed by atoms with van der Waals surface area (Å²) in [7, 11) is 2.08. The SMILES string of the molecule is CN(CC1CC(O)C1)c1nc(-c2ccsc2)nc2ccccc12. The van der Waals surface area contributed by atoms with Crippen LogP contribution in [0.3, 0.4) is 0 Å². The quantitative estimate of drug-likeness (QED) is 0.797. The van der Waals surface area contributed by atoms with E-state index in [1.165, 1.54) is 0 Å². The minimum absolute atomic E-state index is 0.114. The summed E-state index contributed by atoms with van der Waals surface area (Å²) in [5.41, 5.74) is 2.04. The maximum atomic E-state index is 9.50. The molecule has 1 N–H and O–H groups in total. The number of para-hydroxylation sites is 1. The smallest absolute Gasteiger partial charge is 0.162 e. The van der Waals surface area contributed by atoms with Gasteiger partial charge in [-0.2, -0.15) is 11.3 Å². The number of aliphatic hydroxyl groups excluding tert-OH is 1. The van der Waals surface area contributed by atoms with Crippen LogP contribution in [0.1, 0.15) is 12.8 Å². The topological polar surface area (TPSA) is 49.2 Å². The first-order chi connectivity index (χ1) is 11.2. The molecule has 118 valence electrons. The highest BCUT2D eigenvalue weighted by Crippen LogP contribution is 2.32. The molecule has 5 heteroatoms. The van der Waals surface area contributed by atoms with Gasteiger partial charge in [0.25, 0.3) is 0 Å². The van der Waals surface area contributed by atoms with Crippen LogP contribution in [0, 0.1) is 5.92 Å². The van der Waals surface area contributed by atoms with Crippen molar-refractivity contribution in [1.29, 1.82) is 0 Å². The summed E-state index contributed by atoms with van der Waals surface area (Å²) < 4.78 is 0. The van der Waals surface area contributed by atoms with Crippen molar-refractivity contribution in [2.24, 2.45) is 5.92 Å². The molecule has 0 atom stereocenters. The lowest BCUT2D eigenvalue weighted by molar-refractivity contribution is 0.0464. The Hall–Kier alpha value is -1.98. The first-order valence-electron chi connectivity index (χ1n) is 7.89. The maximum absolute atomic E-state index is 9.50. The van der Waals surface area contributed by atoms with Gasteiger partial charge >= 0.3 is 0 Å². The number of benzene rings is 1. The fourth-order valence-electron chi connectivity index (χ4n) is 3.19. The lowest BCUT2D eigenvalue weighted by Crippen LogP contribution is -2.37. The van der Waals surface area contributed by atoms with Gasteiger partial charge in [0.15, 0.2) is 5.82 Å². The fraction of sp³-hybridized carbons (Fsp3) is 0.333. The summed E-state index contributed by atoms with van der Waals surface area (Å²) >= 11 is 1.66. The lowest BCUT2D eigenvalue weighted by Gasteiger charge is -2.35. The van der Waals surface area contributed by atoms with Crippen molar-refractivity contribution in [3.8, 4) is 11.4 Å². The number of aliphatic hydroxyl groups is 1. The molecule has 0 saturated heterocycles. The molecule has 1 saturated carbocycles. The normalized spacial score (nSPS) is 20.4. The monoisotopic (exact) mass is 325 g/mol. The Kier molecular flexibility index (Phi) is 3.75. The first-order valence-corrected chi connectivity index (χ1v) is 8.83. The Bertz CT molecular complexity index is 812. The second kappa shape index (κ2) is 5.91. The second-order valence-electron chi connectivity index (χ2n) is 6.27. The standard InChI is InChI=1S/C18H19N3OS/c1-21(10-12-8-14(22)9-12)18-15-4-2-3-5-16(15)19-17(20-18)13-6-7-23-11-13/h2-7,11-12,14,22H,8-10H2,1H3. The van der Waals surface area contributed by atoms with E-state index in [1.54, 1.807) is 11.3 Å². The predicted molar refractivity (Wildman–Crippen MR) is 94.9 cm³/mol. The molecule has 0 amide bonds. The van der Waals surface area contributed by atoms with Gasteiger partial charge in [-0.15, -0.1) is 0 Å². The van der Waals surface area contributed by atoms with E-state index in [9.17, 15) is 5.11 Å². The molecule has 0 radical (unpaired) electrons. The Labute approximate surface area is 139 Å². The number of hydrogen-bond acceptors (Lipinski definition) is 5. The maximum Gasteiger partial charge on any atom is 0.162 e. The predicted octanol–water partition coefficient (Wildman–Crippen LogP) is 3.57. The van der Waals surface area contributed by atoms with E-state index in [0.717, 1.165) is 47.5 Å². The third kappa shape index (κ3) is 2.82. The Morgan fingerprint density at radius 3 is 2.78 bits per heavy atom. The number of thiophene rings is 1. The van der Waals surface area contributed by atoms with Crippen LogP contribution in [0.25, 0.3) is 22.3 Å². The fourth-order valence-corrected chi connectivity index (χ4v) is 3.83. The molecule has 0 bridgehead atoms. The van der Waals surface area contributed by atoms with Gasteiger partial charge in [-0.05, 0) is 42.3 Å². The summed E-state index contributed by atoms with van der Waals surface area (Å²) in [5.74, 6) is 2.30. The van der Waals surface area contributed by atoms with Crippen molar-refractivity contribution in [2.75, 3.05) is 18.5 Å². The van der Waals surface area contributed by atoms with E-state index in [4.69, 9.17) is 9.97 Å². The highest BCUT2D eigenvalue weighted by Gasteiger charge is 2.28. The Morgan fingerprint density at radius 2 is 2.04 bits per heavy atom. The highest BCUT2D eigenvalue weighted by atomic mass is 32.1. The van der Waals surface area contributed by atoms with Gasteiger partial charge in [-0.1, -0.05) is 12.1 Å². The molecule has 0 spiro atoms. The average molecular weight is 325 g/mol. The lowest BCUT2D eigenvalue weighted by atomic mass is 9.82. The summed E-state index contributed by atoms with van der Waals surface area (Å²) in [5, 5.41) is 14.7.